The molecular weight excluding hydrogens is 228 g/mol. The predicted octanol–water partition coefficient (Wildman–Crippen LogP) is 3.98. The zero-order chi connectivity index (χ0) is 11.6. The van der Waals surface area contributed by atoms with E-state index in [1.165, 1.54) is 0 Å². The van der Waals surface area contributed by atoms with Gasteiger partial charge in [-0.05, 0) is 12.8 Å². The average Bonchev–Trinajstić information content (AvgIpc) is 2.19. The lowest BCUT2D eigenvalue weighted by molar-refractivity contribution is 0.184. The number of halogens is 1. The van der Waals surface area contributed by atoms with Crippen molar-refractivity contribution in [3.63, 3.8) is 0 Å². The van der Waals surface area contributed by atoms with Crippen LogP contribution in [0.2, 0.25) is 6.04 Å². The van der Waals surface area contributed by atoms with Crippen molar-refractivity contribution in [2.45, 2.75) is 45.6 Å². The van der Waals surface area contributed by atoms with E-state index in [-0.39, 0.29) is 0 Å². The largest absolute Gasteiger partial charge is 0.447 e. The first-order valence-corrected chi connectivity index (χ1v) is 8.79. The lowest BCUT2D eigenvalue weighted by Gasteiger charge is -2.22. The molecule has 0 aromatic carbocycles. The Balaban J connectivity index is 3.88. The molecule has 90 valence electrons. The van der Waals surface area contributed by atoms with Crippen LogP contribution in [0.1, 0.15) is 39.5 Å². The van der Waals surface area contributed by atoms with Gasteiger partial charge in [-0.15, -0.1) is 6.58 Å². The zero-order valence-electron chi connectivity index (χ0n) is 9.93. The highest BCUT2D eigenvalue weighted by Crippen LogP contribution is 2.20. The van der Waals surface area contributed by atoms with Gasteiger partial charge in [0.25, 0.3) is 0 Å². The van der Waals surface area contributed by atoms with E-state index < -0.39 is 7.87 Å². The first-order chi connectivity index (χ1) is 7.18. The highest BCUT2D eigenvalue weighted by atomic mass is 35.6. The van der Waals surface area contributed by atoms with Crippen LogP contribution in [-0.4, -0.2) is 21.1 Å². The van der Waals surface area contributed by atoms with Gasteiger partial charge >= 0.3 is 7.87 Å². The minimum Gasteiger partial charge on any atom is -0.383 e. The summed E-state index contributed by atoms with van der Waals surface area (Å²) in [6.45, 7) is 9.36. The second kappa shape index (κ2) is 9.40. The number of rotatable bonds is 10. The third-order valence-corrected chi connectivity index (χ3v) is 5.18. The fourth-order valence-corrected chi connectivity index (χ4v) is 3.42. The third-order valence-electron chi connectivity index (χ3n) is 2.02. The predicted molar refractivity (Wildman–Crippen MR) is 68.3 cm³/mol. The molecule has 0 aliphatic rings. The summed E-state index contributed by atoms with van der Waals surface area (Å²) in [4.78, 5) is 0. The molecule has 0 saturated carbocycles. The maximum Gasteiger partial charge on any atom is 0.447 e. The Morgan fingerprint density at radius 3 is 1.93 bits per heavy atom. The van der Waals surface area contributed by atoms with Gasteiger partial charge in [-0.2, -0.15) is 0 Å². The maximum atomic E-state index is 6.33. The molecule has 0 N–H and O–H groups in total. The normalized spacial score (nSPS) is 11.7. The molecule has 0 heterocycles. The number of hydrogen-bond acceptors (Lipinski definition) is 2. The number of hydrogen-bond donors (Lipinski definition) is 0. The molecule has 0 rings (SSSR count). The van der Waals surface area contributed by atoms with Crippen molar-refractivity contribution < 1.29 is 8.85 Å². The van der Waals surface area contributed by atoms with E-state index in [1.807, 2.05) is 0 Å². The van der Waals surface area contributed by atoms with Crippen LogP contribution >= 0.6 is 11.1 Å². The van der Waals surface area contributed by atoms with Crippen molar-refractivity contribution in [3.05, 3.63) is 12.7 Å². The Kier molecular flexibility index (Phi) is 9.50. The summed E-state index contributed by atoms with van der Waals surface area (Å²) in [5, 5.41) is 0. The van der Waals surface area contributed by atoms with Gasteiger partial charge in [-0.3, -0.25) is 0 Å². The Hall–Kier alpha value is 0.167. The molecule has 0 radical (unpaired) electrons. The van der Waals surface area contributed by atoms with E-state index in [0.717, 1.165) is 25.7 Å². The Labute approximate surface area is 99.6 Å². The van der Waals surface area contributed by atoms with Gasteiger partial charge in [0.05, 0.1) is 0 Å². The first kappa shape index (κ1) is 15.2. The second-order valence-corrected chi connectivity index (χ2v) is 7.59. The minimum absolute atomic E-state index is 0.655. The van der Waals surface area contributed by atoms with Crippen molar-refractivity contribution in [1.82, 2.24) is 0 Å². The lowest BCUT2D eigenvalue weighted by Crippen LogP contribution is -2.36. The van der Waals surface area contributed by atoms with Crippen molar-refractivity contribution in [1.29, 1.82) is 0 Å². The lowest BCUT2D eigenvalue weighted by atomic mass is 10.4. The van der Waals surface area contributed by atoms with E-state index >= 15 is 0 Å². The van der Waals surface area contributed by atoms with Gasteiger partial charge in [0.15, 0.2) is 0 Å². The van der Waals surface area contributed by atoms with Gasteiger partial charge in [0.1, 0.15) is 0 Å². The molecule has 4 heteroatoms. The van der Waals surface area contributed by atoms with E-state index in [9.17, 15) is 0 Å². The summed E-state index contributed by atoms with van der Waals surface area (Å²) >= 11 is 6.33. The van der Waals surface area contributed by atoms with Gasteiger partial charge in [-0.25, -0.2) is 0 Å². The van der Waals surface area contributed by atoms with Gasteiger partial charge in [0.2, 0.25) is 0 Å². The van der Waals surface area contributed by atoms with Crippen LogP contribution < -0.4 is 0 Å². The van der Waals surface area contributed by atoms with E-state index in [0.29, 0.717) is 19.3 Å². The van der Waals surface area contributed by atoms with Crippen molar-refractivity contribution in [2.24, 2.45) is 0 Å². The highest BCUT2D eigenvalue weighted by molar-refractivity contribution is 7.13. The molecule has 0 bridgehead atoms. The monoisotopic (exact) mass is 250 g/mol. The topological polar surface area (TPSA) is 18.5 Å². The molecule has 0 unspecified atom stereocenters. The van der Waals surface area contributed by atoms with E-state index in [2.05, 4.69) is 20.4 Å². The number of unbranched alkanes of at least 4 members (excludes halogenated alkanes) is 2. The molecule has 0 saturated heterocycles. The zero-order valence-corrected chi connectivity index (χ0v) is 11.7. The molecule has 0 aromatic rings. The molecule has 0 amide bonds. The first-order valence-electron chi connectivity index (χ1n) is 5.76. The summed E-state index contributed by atoms with van der Waals surface area (Å²) < 4.78 is 11.3. The summed E-state index contributed by atoms with van der Waals surface area (Å²) in [5.74, 6) is 0. The van der Waals surface area contributed by atoms with Crippen LogP contribution in [0.25, 0.3) is 0 Å². The quantitative estimate of drug-likeness (QED) is 0.253. The van der Waals surface area contributed by atoms with Crippen LogP contribution in [-0.2, 0) is 8.85 Å². The molecule has 0 atom stereocenters. The Morgan fingerprint density at radius 2 is 1.60 bits per heavy atom. The molecule has 0 spiro atoms. The molecule has 15 heavy (non-hydrogen) atoms. The van der Waals surface area contributed by atoms with Gasteiger partial charge in [-0.1, -0.05) is 43.8 Å². The average molecular weight is 251 g/mol. The second-order valence-electron chi connectivity index (χ2n) is 3.56. The molecule has 0 aromatic heterocycles. The molecule has 0 aliphatic heterocycles. The smallest absolute Gasteiger partial charge is 0.383 e. The Bertz CT molecular complexity index is 155. The van der Waals surface area contributed by atoms with Crippen molar-refractivity contribution in [3.8, 4) is 0 Å². The van der Waals surface area contributed by atoms with Crippen LogP contribution in [0.3, 0.4) is 0 Å². The number of allylic oxidation sites excluding steroid dienone is 1. The Morgan fingerprint density at radius 1 is 1.13 bits per heavy atom. The van der Waals surface area contributed by atoms with Crippen LogP contribution in [0, 0.1) is 0 Å². The molecular formula is C11H23ClO2Si. The van der Waals surface area contributed by atoms with Crippen LogP contribution in [0.4, 0.5) is 0 Å². The molecule has 0 aliphatic carbocycles. The molecule has 0 fully saturated rings. The van der Waals surface area contributed by atoms with Crippen molar-refractivity contribution >= 4 is 18.9 Å². The van der Waals surface area contributed by atoms with Crippen LogP contribution in [0.5, 0.6) is 0 Å². The van der Waals surface area contributed by atoms with E-state index in [1.54, 1.807) is 6.08 Å². The SMILES string of the molecule is C=CC[Si](Cl)(OCCCC)OCCCC. The maximum absolute atomic E-state index is 6.33. The van der Waals surface area contributed by atoms with Crippen molar-refractivity contribution in [2.75, 3.05) is 13.2 Å². The summed E-state index contributed by atoms with van der Waals surface area (Å²) in [6.07, 6.45) is 6.09. The molecule has 2 nitrogen and oxygen atoms in total. The van der Waals surface area contributed by atoms with E-state index in [4.69, 9.17) is 19.9 Å². The standard InChI is InChI=1S/C11H23ClO2Si/c1-4-7-9-13-15(12,11-6-3)14-10-8-5-2/h6H,3-5,7-11H2,1-2H3. The minimum atomic E-state index is -2.47. The van der Waals surface area contributed by atoms with Gasteiger partial charge < -0.3 is 8.85 Å². The third kappa shape index (κ3) is 8.02. The fraction of sp³-hybridized carbons (Fsp3) is 0.818. The summed E-state index contributed by atoms with van der Waals surface area (Å²) in [6, 6.07) is 0.655. The summed E-state index contributed by atoms with van der Waals surface area (Å²) in [5.41, 5.74) is 0. The fourth-order valence-electron chi connectivity index (χ4n) is 1.07. The highest BCUT2D eigenvalue weighted by Gasteiger charge is 2.34. The van der Waals surface area contributed by atoms with Gasteiger partial charge in [0, 0.05) is 19.3 Å². The summed E-state index contributed by atoms with van der Waals surface area (Å²) in [7, 11) is -2.47. The van der Waals surface area contributed by atoms with Crippen LogP contribution in [0.15, 0.2) is 12.7 Å².